The summed E-state index contributed by atoms with van der Waals surface area (Å²) in [5, 5.41) is 14.9. The second-order valence-electron chi connectivity index (χ2n) is 13.2. The highest BCUT2D eigenvalue weighted by atomic mass is 16.3. The van der Waals surface area contributed by atoms with Crippen molar-refractivity contribution >= 4 is 75.8 Å². The van der Waals surface area contributed by atoms with Crippen LogP contribution in [0, 0.1) is 0 Å². The number of hydrogen-bond donors (Lipinski definition) is 0. The van der Waals surface area contributed by atoms with Gasteiger partial charge in [-0.05, 0) is 118 Å². The zero-order valence-electron chi connectivity index (χ0n) is 26.6. The van der Waals surface area contributed by atoms with E-state index in [4.69, 9.17) is 4.42 Å². The van der Waals surface area contributed by atoms with Gasteiger partial charge in [-0.25, -0.2) is 0 Å². The van der Waals surface area contributed by atoms with Crippen molar-refractivity contribution < 1.29 is 4.42 Å². The molecule has 0 aliphatic heterocycles. The Morgan fingerprint density at radius 1 is 0.286 bits per heavy atom. The molecule has 1 heteroatoms. The summed E-state index contributed by atoms with van der Waals surface area (Å²) in [6.07, 6.45) is 0. The highest BCUT2D eigenvalue weighted by Gasteiger charge is 2.21. The molecule has 11 rings (SSSR count). The van der Waals surface area contributed by atoms with E-state index in [2.05, 4.69) is 170 Å². The summed E-state index contributed by atoms with van der Waals surface area (Å²) in [7, 11) is 0. The molecule has 0 radical (unpaired) electrons. The fraction of sp³-hybridized carbons (Fsp3) is 0. The van der Waals surface area contributed by atoms with E-state index in [-0.39, 0.29) is 0 Å². The Labute approximate surface area is 282 Å². The van der Waals surface area contributed by atoms with E-state index in [0.29, 0.717) is 0 Å². The molecule has 0 aliphatic carbocycles. The zero-order valence-corrected chi connectivity index (χ0v) is 26.6. The van der Waals surface area contributed by atoms with Crippen LogP contribution in [0.15, 0.2) is 174 Å². The van der Waals surface area contributed by atoms with Crippen molar-refractivity contribution in [3.8, 4) is 33.4 Å². The van der Waals surface area contributed by atoms with E-state index in [1.54, 1.807) is 0 Å². The summed E-state index contributed by atoms with van der Waals surface area (Å²) in [6.45, 7) is 0. The normalized spacial score (nSPS) is 12.1. The first-order valence-electron chi connectivity index (χ1n) is 16.9. The van der Waals surface area contributed by atoms with Crippen molar-refractivity contribution in [1.29, 1.82) is 0 Å². The van der Waals surface area contributed by atoms with Gasteiger partial charge in [0.05, 0.1) is 0 Å². The van der Waals surface area contributed by atoms with Crippen LogP contribution in [0.25, 0.3) is 109 Å². The monoisotopic (exact) mass is 620 g/mol. The first-order chi connectivity index (χ1) is 24.3. The first-order valence-corrected chi connectivity index (χ1v) is 16.9. The van der Waals surface area contributed by atoms with Gasteiger partial charge in [-0.15, -0.1) is 0 Å². The highest BCUT2D eigenvalue weighted by molar-refractivity contribution is 6.29. The Hall–Kier alpha value is -6.44. The van der Waals surface area contributed by atoms with E-state index in [1.807, 2.05) is 0 Å². The lowest BCUT2D eigenvalue weighted by molar-refractivity contribution is 0.669. The quantitative estimate of drug-likeness (QED) is 0.141. The molecule has 0 atom stereocenters. The molecular weight excluding hydrogens is 593 g/mol. The lowest BCUT2D eigenvalue weighted by Crippen LogP contribution is -1.92. The fourth-order valence-corrected chi connectivity index (χ4v) is 8.43. The second kappa shape index (κ2) is 10.0. The Kier molecular flexibility index (Phi) is 5.45. The van der Waals surface area contributed by atoms with Crippen molar-refractivity contribution in [2.75, 3.05) is 0 Å². The molecule has 0 fully saturated rings. The van der Waals surface area contributed by atoms with Gasteiger partial charge in [-0.2, -0.15) is 0 Å². The number of hydrogen-bond acceptors (Lipinski definition) is 1. The van der Waals surface area contributed by atoms with Crippen LogP contribution in [0.5, 0.6) is 0 Å². The van der Waals surface area contributed by atoms with Gasteiger partial charge in [-0.1, -0.05) is 140 Å². The molecule has 0 N–H and O–H groups in total. The summed E-state index contributed by atoms with van der Waals surface area (Å²) < 4.78 is 6.35. The van der Waals surface area contributed by atoms with Crippen molar-refractivity contribution in [3.05, 3.63) is 170 Å². The molecule has 10 aromatic carbocycles. The van der Waals surface area contributed by atoms with Crippen LogP contribution in [0.4, 0.5) is 0 Å². The second-order valence-corrected chi connectivity index (χ2v) is 13.2. The molecule has 0 spiro atoms. The minimum absolute atomic E-state index is 0.939. The molecule has 1 heterocycles. The number of benzene rings is 10. The lowest BCUT2D eigenvalue weighted by Gasteiger charge is -2.19. The SMILES string of the molecule is c1ccc2cc(-c3cccc4ccc(-c5c6ccccc6c(-c6ccc7oc8cccc9ccc6c7c98)c6ccccc56)cc34)ccc2c1. The van der Waals surface area contributed by atoms with Gasteiger partial charge in [0, 0.05) is 10.8 Å². The van der Waals surface area contributed by atoms with Crippen LogP contribution in [0.1, 0.15) is 0 Å². The average Bonchev–Trinajstić information content (AvgIpc) is 3.55. The number of fused-ring (bicyclic) bond motifs is 4. The first kappa shape index (κ1) is 26.6. The van der Waals surface area contributed by atoms with Crippen molar-refractivity contribution in [1.82, 2.24) is 0 Å². The van der Waals surface area contributed by atoms with E-state index in [9.17, 15) is 0 Å². The molecule has 0 saturated carbocycles. The molecule has 0 amide bonds. The minimum Gasteiger partial charge on any atom is -0.456 e. The van der Waals surface area contributed by atoms with Crippen molar-refractivity contribution in [3.63, 3.8) is 0 Å². The molecule has 49 heavy (non-hydrogen) atoms. The Balaban J connectivity index is 1.20. The maximum Gasteiger partial charge on any atom is 0.136 e. The smallest absolute Gasteiger partial charge is 0.136 e. The molecule has 1 nitrogen and oxygen atoms in total. The maximum atomic E-state index is 6.35. The van der Waals surface area contributed by atoms with Gasteiger partial charge in [0.1, 0.15) is 11.2 Å². The van der Waals surface area contributed by atoms with Crippen LogP contribution in [-0.4, -0.2) is 0 Å². The third-order valence-corrected chi connectivity index (χ3v) is 10.6. The van der Waals surface area contributed by atoms with Gasteiger partial charge >= 0.3 is 0 Å². The Morgan fingerprint density at radius 3 is 1.71 bits per heavy atom. The molecular formula is C48H28O. The minimum atomic E-state index is 0.939. The average molecular weight is 621 g/mol. The van der Waals surface area contributed by atoms with Crippen molar-refractivity contribution in [2.24, 2.45) is 0 Å². The molecule has 0 saturated heterocycles. The van der Waals surface area contributed by atoms with E-state index >= 15 is 0 Å². The molecule has 0 unspecified atom stereocenters. The van der Waals surface area contributed by atoms with Crippen LogP contribution < -0.4 is 0 Å². The third kappa shape index (κ3) is 3.82. The van der Waals surface area contributed by atoms with E-state index in [1.165, 1.54) is 98.0 Å². The zero-order chi connectivity index (χ0) is 32.1. The predicted octanol–water partition coefficient (Wildman–Crippen LogP) is 13.8. The number of rotatable bonds is 3. The highest BCUT2D eigenvalue weighted by Crippen LogP contribution is 2.48. The molecule has 1 aromatic heterocycles. The predicted molar refractivity (Wildman–Crippen MR) is 209 cm³/mol. The largest absolute Gasteiger partial charge is 0.456 e. The van der Waals surface area contributed by atoms with Gasteiger partial charge in [-0.3, -0.25) is 0 Å². The standard InChI is InChI=1S/C48H28O/c1-2-10-32-27-33(21-19-29(32)9-1)35-17-7-11-30-20-22-34(28-42(30)35)45-36-13-3-5-15-38(36)47(39-16-6-4-14-37(39)45)40-25-26-44-48-41(40)24-23-31-12-8-18-43(49-44)46(31)48/h1-28H. The van der Waals surface area contributed by atoms with Crippen LogP contribution in [-0.2, 0) is 0 Å². The molecule has 0 aliphatic rings. The summed E-state index contributed by atoms with van der Waals surface area (Å²) >= 11 is 0. The fourth-order valence-electron chi connectivity index (χ4n) is 8.43. The van der Waals surface area contributed by atoms with E-state index in [0.717, 1.165) is 11.2 Å². The maximum absolute atomic E-state index is 6.35. The van der Waals surface area contributed by atoms with Crippen LogP contribution in [0.2, 0.25) is 0 Å². The molecule has 11 aromatic rings. The van der Waals surface area contributed by atoms with Crippen LogP contribution in [0.3, 0.4) is 0 Å². The van der Waals surface area contributed by atoms with Gasteiger partial charge in [0.15, 0.2) is 0 Å². The van der Waals surface area contributed by atoms with Crippen LogP contribution >= 0.6 is 0 Å². The third-order valence-electron chi connectivity index (χ3n) is 10.6. The number of furan rings is 1. The summed E-state index contributed by atoms with van der Waals surface area (Å²) in [6, 6.07) is 62.2. The molecule has 226 valence electrons. The topological polar surface area (TPSA) is 13.1 Å². The van der Waals surface area contributed by atoms with E-state index < -0.39 is 0 Å². The molecule has 0 bridgehead atoms. The van der Waals surface area contributed by atoms with Gasteiger partial charge < -0.3 is 4.42 Å². The summed E-state index contributed by atoms with van der Waals surface area (Å²) in [4.78, 5) is 0. The lowest BCUT2D eigenvalue weighted by atomic mass is 9.83. The Morgan fingerprint density at radius 2 is 0.898 bits per heavy atom. The Bertz CT molecular complexity index is 3050. The summed E-state index contributed by atoms with van der Waals surface area (Å²) in [5.74, 6) is 0. The van der Waals surface area contributed by atoms with Gasteiger partial charge in [0.2, 0.25) is 0 Å². The summed E-state index contributed by atoms with van der Waals surface area (Å²) in [5.41, 5.74) is 9.36. The van der Waals surface area contributed by atoms with Gasteiger partial charge in [0.25, 0.3) is 0 Å². The van der Waals surface area contributed by atoms with Crippen molar-refractivity contribution in [2.45, 2.75) is 0 Å².